The summed E-state index contributed by atoms with van der Waals surface area (Å²) in [6, 6.07) is 39.3. The standard InChI is InChI=1S/C30H18BrNS2/c31-22-12-3-4-13-23(22)32(24-14-8-18-28-29(24)21-10-2-6-17-27(21)33-28)25-15-7-11-20-19-9-1-5-16-26(19)34-30(20)25/h1-18H. The lowest BCUT2D eigenvalue weighted by molar-refractivity contribution is 1.31. The van der Waals surface area contributed by atoms with Crippen LogP contribution in [0.25, 0.3) is 40.3 Å². The normalized spacial score (nSPS) is 11.7. The Bertz CT molecular complexity index is 1850. The van der Waals surface area contributed by atoms with Crippen LogP contribution in [-0.4, -0.2) is 0 Å². The van der Waals surface area contributed by atoms with E-state index in [4.69, 9.17) is 0 Å². The van der Waals surface area contributed by atoms with Gasteiger partial charge in [0.15, 0.2) is 0 Å². The first kappa shape index (κ1) is 20.2. The summed E-state index contributed by atoms with van der Waals surface area (Å²) >= 11 is 7.59. The molecule has 7 aromatic rings. The lowest BCUT2D eigenvalue weighted by atomic mass is 10.1. The molecule has 7 rings (SSSR count). The van der Waals surface area contributed by atoms with Crippen molar-refractivity contribution in [3.63, 3.8) is 0 Å². The van der Waals surface area contributed by atoms with Crippen LogP contribution in [0.2, 0.25) is 0 Å². The molecule has 0 aliphatic heterocycles. The Morgan fingerprint density at radius 3 is 1.91 bits per heavy atom. The van der Waals surface area contributed by atoms with Crippen molar-refractivity contribution >= 4 is 96.0 Å². The maximum Gasteiger partial charge on any atom is 0.0641 e. The van der Waals surface area contributed by atoms with Crippen molar-refractivity contribution in [2.24, 2.45) is 0 Å². The van der Waals surface area contributed by atoms with E-state index in [0.29, 0.717) is 0 Å². The smallest absolute Gasteiger partial charge is 0.0641 e. The van der Waals surface area contributed by atoms with Crippen LogP contribution in [0.4, 0.5) is 17.1 Å². The number of benzene rings is 5. The quantitative estimate of drug-likeness (QED) is 0.217. The number of hydrogen-bond donors (Lipinski definition) is 0. The van der Waals surface area contributed by atoms with E-state index in [9.17, 15) is 0 Å². The monoisotopic (exact) mass is 535 g/mol. The molecule has 162 valence electrons. The maximum atomic E-state index is 3.86. The van der Waals surface area contributed by atoms with Gasteiger partial charge >= 0.3 is 0 Å². The van der Waals surface area contributed by atoms with Gasteiger partial charge in [0.1, 0.15) is 0 Å². The maximum absolute atomic E-state index is 3.86. The number of fused-ring (bicyclic) bond motifs is 6. The topological polar surface area (TPSA) is 3.24 Å². The van der Waals surface area contributed by atoms with Crippen LogP contribution in [-0.2, 0) is 0 Å². The van der Waals surface area contributed by atoms with Crippen LogP contribution in [0.1, 0.15) is 0 Å². The third kappa shape index (κ3) is 3.03. The average molecular weight is 537 g/mol. The lowest BCUT2D eigenvalue weighted by Gasteiger charge is -2.28. The number of hydrogen-bond acceptors (Lipinski definition) is 3. The van der Waals surface area contributed by atoms with Gasteiger partial charge in [-0.05, 0) is 58.4 Å². The number of nitrogens with zero attached hydrogens (tertiary/aromatic N) is 1. The first-order chi connectivity index (χ1) is 16.8. The number of halogens is 1. The van der Waals surface area contributed by atoms with Crippen LogP contribution in [0, 0.1) is 0 Å². The van der Waals surface area contributed by atoms with Gasteiger partial charge in [-0.25, -0.2) is 0 Å². The van der Waals surface area contributed by atoms with E-state index in [2.05, 4.69) is 130 Å². The van der Waals surface area contributed by atoms with Crippen molar-refractivity contribution in [1.29, 1.82) is 0 Å². The van der Waals surface area contributed by atoms with Crippen molar-refractivity contribution in [2.45, 2.75) is 0 Å². The fraction of sp³-hybridized carbons (Fsp3) is 0. The first-order valence-electron chi connectivity index (χ1n) is 11.1. The highest BCUT2D eigenvalue weighted by atomic mass is 79.9. The van der Waals surface area contributed by atoms with Gasteiger partial charge in [0.2, 0.25) is 0 Å². The fourth-order valence-corrected chi connectivity index (χ4v) is 7.67. The Kier molecular flexibility index (Phi) is 4.73. The predicted octanol–water partition coefficient (Wildman–Crippen LogP) is 10.7. The van der Waals surface area contributed by atoms with Crippen LogP contribution in [0.3, 0.4) is 0 Å². The Morgan fingerprint density at radius 1 is 0.471 bits per heavy atom. The van der Waals surface area contributed by atoms with Crippen molar-refractivity contribution in [2.75, 3.05) is 4.90 Å². The molecule has 34 heavy (non-hydrogen) atoms. The summed E-state index contributed by atoms with van der Waals surface area (Å²) in [5, 5.41) is 5.23. The SMILES string of the molecule is Brc1ccccc1N(c1cccc2c1sc1ccccc12)c1cccc2sc3ccccc3c12. The van der Waals surface area contributed by atoms with Gasteiger partial charge in [-0.1, -0.05) is 66.7 Å². The first-order valence-corrected chi connectivity index (χ1v) is 13.6. The number of thiophene rings is 2. The summed E-state index contributed by atoms with van der Waals surface area (Å²) in [6.45, 7) is 0. The largest absolute Gasteiger partial charge is 0.307 e. The number of anilines is 3. The van der Waals surface area contributed by atoms with Gasteiger partial charge in [0.25, 0.3) is 0 Å². The Hall–Kier alpha value is -3.18. The van der Waals surface area contributed by atoms with Gasteiger partial charge in [-0.2, -0.15) is 0 Å². The Morgan fingerprint density at radius 2 is 1.06 bits per heavy atom. The molecule has 5 aromatic carbocycles. The molecule has 2 heterocycles. The minimum absolute atomic E-state index is 1.07. The van der Waals surface area contributed by atoms with E-state index in [1.165, 1.54) is 51.7 Å². The molecule has 0 fully saturated rings. The summed E-state index contributed by atoms with van der Waals surface area (Å²) < 4.78 is 6.31. The second kappa shape index (κ2) is 7.95. The second-order valence-electron chi connectivity index (χ2n) is 8.29. The molecular weight excluding hydrogens is 518 g/mol. The molecule has 0 N–H and O–H groups in total. The Balaban J connectivity index is 1.62. The highest BCUT2D eigenvalue weighted by Crippen LogP contribution is 2.49. The number of rotatable bonds is 3. The molecule has 0 spiro atoms. The summed E-state index contributed by atoms with van der Waals surface area (Å²) in [5.41, 5.74) is 3.54. The van der Waals surface area contributed by atoms with E-state index in [1.807, 2.05) is 22.7 Å². The van der Waals surface area contributed by atoms with Crippen LogP contribution in [0.15, 0.2) is 114 Å². The third-order valence-corrected chi connectivity index (χ3v) is 9.35. The molecular formula is C30H18BrNS2. The Labute approximate surface area is 213 Å². The molecule has 0 aliphatic rings. The summed E-state index contributed by atoms with van der Waals surface area (Å²) in [6.07, 6.45) is 0. The molecule has 0 aliphatic carbocycles. The van der Waals surface area contributed by atoms with E-state index in [-0.39, 0.29) is 0 Å². The van der Waals surface area contributed by atoms with Crippen LogP contribution >= 0.6 is 38.6 Å². The van der Waals surface area contributed by atoms with Crippen LogP contribution in [0.5, 0.6) is 0 Å². The molecule has 1 nitrogen and oxygen atoms in total. The van der Waals surface area contributed by atoms with Gasteiger partial charge in [0, 0.05) is 40.1 Å². The molecule has 0 unspecified atom stereocenters. The summed E-state index contributed by atoms with van der Waals surface area (Å²) in [5.74, 6) is 0. The zero-order chi connectivity index (χ0) is 22.6. The van der Waals surface area contributed by atoms with Crippen molar-refractivity contribution < 1.29 is 0 Å². The summed E-state index contributed by atoms with van der Waals surface area (Å²) in [4.78, 5) is 2.43. The molecule has 0 atom stereocenters. The van der Waals surface area contributed by atoms with Gasteiger partial charge in [0.05, 0.1) is 21.8 Å². The molecule has 2 aromatic heterocycles. The van der Waals surface area contributed by atoms with Gasteiger partial charge < -0.3 is 4.90 Å². The number of para-hydroxylation sites is 1. The van der Waals surface area contributed by atoms with E-state index < -0.39 is 0 Å². The van der Waals surface area contributed by atoms with Crippen molar-refractivity contribution in [3.05, 3.63) is 114 Å². The predicted molar refractivity (Wildman–Crippen MR) is 155 cm³/mol. The molecule has 0 amide bonds. The van der Waals surface area contributed by atoms with E-state index in [1.54, 1.807) is 0 Å². The van der Waals surface area contributed by atoms with Gasteiger partial charge in [-0.15, -0.1) is 22.7 Å². The highest BCUT2D eigenvalue weighted by Gasteiger charge is 2.22. The third-order valence-electron chi connectivity index (χ3n) is 6.34. The second-order valence-corrected chi connectivity index (χ2v) is 11.3. The van der Waals surface area contributed by atoms with Crippen molar-refractivity contribution in [3.8, 4) is 0 Å². The molecule has 0 saturated heterocycles. The molecule has 0 saturated carbocycles. The molecule has 0 bridgehead atoms. The lowest BCUT2D eigenvalue weighted by Crippen LogP contribution is -2.11. The van der Waals surface area contributed by atoms with E-state index >= 15 is 0 Å². The fourth-order valence-electron chi connectivity index (χ4n) is 4.87. The minimum Gasteiger partial charge on any atom is -0.307 e. The zero-order valence-corrected chi connectivity index (χ0v) is 21.3. The molecule has 4 heteroatoms. The average Bonchev–Trinajstić information content (AvgIpc) is 3.45. The summed E-state index contributed by atoms with van der Waals surface area (Å²) in [7, 11) is 0. The molecule has 0 radical (unpaired) electrons. The zero-order valence-electron chi connectivity index (χ0n) is 18.0. The minimum atomic E-state index is 1.07. The van der Waals surface area contributed by atoms with Gasteiger partial charge in [-0.3, -0.25) is 0 Å². The van der Waals surface area contributed by atoms with Crippen LogP contribution < -0.4 is 4.90 Å². The highest BCUT2D eigenvalue weighted by molar-refractivity contribution is 9.10. The van der Waals surface area contributed by atoms with E-state index in [0.717, 1.165) is 10.2 Å². The van der Waals surface area contributed by atoms with Crippen molar-refractivity contribution in [1.82, 2.24) is 0 Å².